The molecule has 29 heavy (non-hydrogen) atoms. The van der Waals surface area contributed by atoms with Crippen LogP contribution in [0.25, 0.3) is 0 Å². The summed E-state index contributed by atoms with van der Waals surface area (Å²) in [7, 11) is -6.88. The Balaban J connectivity index is 1.66. The lowest BCUT2D eigenvalue weighted by Crippen LogP contribution is -2.47. The lowest BCUT2D eigenvalue weighted by atomic mass is 9.98. The van der Waals surface area contributed by atoms with E-state index in [0.717, 1.165) is 0 Å². The molecule has 160 valence electrons. The first-order chi connectivity index (χ1) is 13.6. The van der Waals surface area contributed by atoms with Crippen LogP contribution in [0.3, 0.4) is 0 Å². The average Bonchev–Trinajstić information content (AvgIpc) is 3.00. The molecule has 2 saturated heterocycles. The highest BCUT2D eigenvalue weighted by Gasteiger charge is 2.35. The summed E-state index contributed by atoms with van der Waals surface area (Å²) in [6.45, 7) is 1.74. The molecular formula is C18H25N3O6S2. The molecule has 2 aliphatic heterocycles. The molecule has 2 aliphatic rings. The Bertz CT molecular complexity index is 989. The van der Waals surface area contributed by atoms with Crippen LogP contribution in [0.1, 0.15) is 26.2 Å². The van der Waals surface area contributed by atoms with Crippen molar-refractivity contribution in [2.75, 3.05) is 29.9 Å². The van der Waals surface area contributed by atoms with Gasteiger partial charge in [0.1, 0.15) is 0 Å². The normalized spacial score (nSPS) is 24.7. The Morgan fingerprint density at radius 1 is 1.14 bits per heavy atom. The van der Waals surface area contributed by atoms with Crippen molar-refractivity contribution < 1.29 is 26.4 Å². The fourth-order valence-corrected chi connectivity index (χ4v) is 6.86. The van der Waals surface area contributed by atoms with E-state index in [2.05, 4.69) is 10.6 Å². The quantitative estimate of drug-likeness (QED) is 0.675. The second-order valence-electron chi connectivity index (χ2n) is 7.52. The molecule has 0 radical (unpaired) electrons. The largest absolute Gasteiger partial charge is 0.352 e. The van der Waals surface area contributed by atoms with E-state index in [-0.39, 0.29) is 34.8 Å². The minimum atomic E-state index is -3.77. The van der Waals surface area contributed by atoms with E-state index in [1.807, 2.05) is 0 Å². The summed E-state index contributed by atoms with van der Waals surface area (Å²) in [6, 6.07) is 5.48. The second-order valence-corrected chi connectivity index (χ2v) is 11.7. The van der Waals surface area contributed by atoms with Gasteiger partial charge in [-0.05, 0) is 43.5 Å². The van der Waals surface area contributed by atoms with Crippen LogP contribution in [-0.2, 0) is 29.4 Å². The first-order valence-corrected chi connectivity index (χ1v) is 12.7. The molecule has 11 heteroatoms. The Kier molecular flexibility index (Phi) is 6.30. The predicted octanol–water partition coefficient (Wildman–Crippen LogP) is 0.349. The molecule has 0 saturated carbocycles. The van der Waals surface area contributed by atoms with Crippen molar-refractivity contribution in [2.24, 2.45) is 5.92 Å². The molecule has 2 amide bonds. The number of sulfone groups is 1. The minimum Gasteiger partial charge on any atom is -0.352 e. The summed E-state index contributed by atoms with van der Waals surface area (Å²) in [5, 5.41) is 5.34. The maximum absolute atomic E-state index is 12.9. The van der Waals surface area contributed by atoms with Gasteiger partial charge in [0.05, 0.1) is 22.3 Å². The van der Waals surface area contributed by atoms with Crippen molar-refractivity contribution in [1.82, 2.24) is 9.62 Å². The van der Waals surface area contributed by atoms with Crippen molar-refractivity contribution in [3.63, 3.8) is 0 Å². The van der Waals surface area contributed by atoms with E-state index < -0.39 is 31.8 Å². The zero-order chi connectivity index (χ0) is 21.2. The van der Waals surface area contributed by atoms with Gasteiger partial charge >= 0.3 is 0 Å². The molecule has 2 atom stereocenters. The third-order valence-electron chi connectivity index (χ3n) is 5.15. The fraction of sp³-hybridized carbons (Fsp3) is 0.556. The Labute approximate surface area is 170 Å². The van der Waals surface area contributed by atoms with Crippen molar-refractivity contribution >= 4 is 37.4 Å². The van der Waals surface area contributed by atoms with E-state index in [1.54, 1.807) is 0 Å². The van der Waals surface area contributed by atoms with Gasteiger partial charge < -0.3 is 10.6 Å². The zero-order valence-corrected chi connectivity index (χ0v) is 17.8. The van der Waals surface area contributed by atoms with Gasteiger partial charge in [0.25, 0.3) is 0 Å². The topological polar surface area (TPSA) is 130 Å². The number of nitrogens with one attached hydrogen (secondary N) is 2. The number of anilines is 1. The molecule has 0 aliphatic carbocycles. The van der Waals surface area contributed by atoms with E-state index in [0.29, 0.717) is 31.5 Å². The molecule has 1 aromatic rings. The van der Waals surface area contributed by atoms with Crippen LogP contribution in [0, 0.1) is 5.92 Å². The van der Waals surface area contributed by atoms with Gasteiger partial charge in [-0.3, -0.25) is 9.59 Å². The SMILES string of the molecule is CC(=O)Nc1ccc(S(=O)(=O)N2CCC[C@@H](C(=O)N[C@H]3CCS(=O)(=O)C3)C2)cc1. The predicted molar refractivity (Wildman–Crippen MR) is 107 cm³/mol. The zero-order valence-electron chi connectivity index (χ0n) is 16.1. The van der Waals surface area contributed by atoms with Crippen LogP contribution < -0.4 is 10.6 Å². The van der Waals surface area contributed by atoms with Crippen LogP contribution in [0.4, 0.5) is 5.69 Å². The molecular weight excluding hydrogens is 418 g/mol. The number of amides is 2. The molecule has 0 spiro atoms. The maximum Gasteiger partial charge on any atom is 0.243 e. The molecule has 2 heterocycles. The lowest BCUT2D eigenvalue weighted by molar-refractivity contribution is -0.126. The number of piperidine rings is 1. The van der Waals surface area contributed by atoms with Crippen LogP contribution in [0.15, 0.2) is 29.2 Å². The van der Waals surface area contributed by atoms with E-state index in [4.69, 9.17) is 0 Å². The highest BCUT2D eigenvalue weighted by molar-refractivity contribution is 7.91. The van der Waals surface area contributed by atoms with E-state index in [1.165, 1.54) is 35.5 Å². The van der Waals surface area contributed by atoms with E-state index >= 15 is 0 Å². The molecule has 2 fully saturated rings. The smallest absolute Gasteiger partial charge is 0.243 e. The maximum atomic E-state index is 12.9. The Hall–Kier alpha value is -1.98. The molecule has 3 rings (SSSR count). The number of rotatable bonds is 5. The van der Waals surface area contributed by atoms with Crippen LogP contribution in [0.2, 0.25) is 0 Å². The number of nitrogens with zero attached hydrogens (tertiary/aromatic N) is 1. The monoisotopic (exact) mass is 443 g/mol. The van der Waals surface area contributed by atoms with Crippen molar-refractivity contribution in [3.8, 4) is 0 Å². The standard InChI is InChI=1S/C18H25N3O6S2/c1-13(22)19-15-4-6-17(7-5-15)29(26,27)21-9-2-3-14(11-21)18(23)20-16-8-10-28(24,25)12-16/h4-7,14,16H,2-3,8-12H2,1H3,(H,19,22)(H,20,23)/t14-,16+/m1/s1. The first-order valence-electron chi connectivity index (χ1n) is 9.45. The summed E-state index contributed by atoms with van der Waals surface area (Å²) in [4.78, 5) is 23.7. The van der Waals surface area contributed by atoms with Gasteiger partial charge in [0.15, 0.2) is 9.84 Å². The number of carbonyl (C=O) groups is 2. The van der Waals surface area contributed by atoms with Gasteiger partial charge in [0.2, 0.25) is 21.8 Å². The van der Waals surface area contributed by atoms with Crippen molar-refractivity contribution in [3.05, 3.63) is 24.3 Å². The van der Waals surface area contributed by atoms with Crippen molar-refractivity contribution in [1.29, 1.82) is 0 Å². The van der Waals surface area contributed by atoms with E-state index in [9.17, 15) is 26.4 Å². The number of carbonyl (C=O) groups excluding carboxylic acids is 2. The number of hydrogen-bond donors (Lipinski definition) is 2. The van der Waals surface area contributed by atoms with Gasteiger partial charge in [-0.1, -0.05) is 0 Å². The summed E-state index contributed by atoms with van der Waals surface area (Å²) in [5.74, 6) is -1.06. The third kappa shape index (κ3) is 5.34. The number of benzene rings is 1. The van der Waals surface area contributed by atoms with Gasteiger partial charge in [-0.2, -0.15) is 4.31 Å². The average molecular weight is 444 g/mol. The number of hydrogen-bond acceptors (Lipinski definition) is 6. The Morgan fingerprint density at radius 3 is 2.41 bits per heavy atom. The summed E-state index contributed by atoms with van der Waals surface area (Å²) in [5.41, 5.74) is 0.499. The summed E-state index contributed by atoms with van der Waals surface area (Å²) in [6.07, 6.45) is 1.49. The molecule has 2 N–H and O–H groups in total. The van der Waals surface area contributed by atoms with Crippen LogP contribution in [-0.4, -0.2) is 63.6 Å². The molecule has 0 aromatic heterocycles. The molecule has 9 nitrogen and oxygen atoms in total. The lowest BCUT2D eigenvalue weighted by Gasteiger charge is -2.31. The van der Waals surface area contributed by atoms with Crippen LogP contribution >= 0.6 is 0 Å². The number of sulfonamides is 1. The highest BCUT2D eigenvalue weighted by Crippen LogP contribution is 2.25. The second kappa shape index (κ2) is 8.41. The summed E-state index contributed by atoms with van der Waals surface area (Å²) >= 11 is 0. The molecule has 1 aromatic carbocycles. The molecule has 0 bridgehead atoms. The minimum absolute atomic E-state index is 0.0566. The van der Waals surface area contributed by atoms with Gasteiger partial charge in [-0.25, -0.2) is 16.8 Å². The van der Waals surface area contributed by atoms with Crippen molar-refractivity contribution in [2.45, 2.75) is 37.1 Å². The summed E-state index contributed by atoms with van der Waals surface area (Å²) < 4.78 is 50.3. The Morgan fingerprint density at radius 2 is 1.83 bits per heavy atom. The highest BCUT2D eigenvalue weighted by atomic mass is 32.2. The fourth-order valence-electron chi connectivity index (χ4n) is 3.67. The molecule has 0 unspecified atom stereocenters. The van der Waals surface area contributed by atoms with Crippen LogP contribution in [0.5, 0.6) is 0 Å². The van der Waals surface area contributed by atoms with Gasteiger partial charge in [0, 0.05) is 31.7 Å². The third-order valence-corrected chi connectivity index (χ3v) is 8.79. The van der Waals surface area contributed by atoms with Gasteiger partial charge in [-0.15, -0.1) is 0 Å². The first kappa shape index (κ1) is 21.7.